The highest BCUT2D eigenvalue weighted by molar-refractivity contribution is 5.77. The molecular formula is C13H15FO2. The Morgan fingerprint density at radius 2 is 2.06 bits per heavy atom. The molecule has 1 aromatic rings. The summed E-state index contributed by atoms with van der Waals surface area (Å²) in [6.45, 7) is 5.58. The van der Waals surface area contributed by atoms with Gasteiger partial charge >= 0.3 is 5.97 Å². The number of carboxylic acids is 1. The zero-order valence-corrected chi connectivity index (χ0v) is 9.62. The Bertz CT molecular complexity index is 431. The highest BCUT2D eigenvalue weighted by atomic mass is 19.1. The minimum atomic E-state index is -0.836. The van der Waals surface area contributed by atoms with Crippen molar-refractivity contribution in [1.82, 2.24) is 0 Å². The monoisotopic (exact) mass is 222 g/mol. The van der Waals surface area contributed by atoms with Gasteiger partial charge in [0.2, 0.25) is 0 Å². The van der Waals surface area contributed by atoms with Gasteiger partial charge in [0.15, 0.2) is 0 Å². The van der Waals surface area contributed by atoms with Gasteiger partial charge in [-0.2, -0.15) is 0 Å². The third-order valence-corrected chi connectivity index (χ3v) is 3.68. The van der Waals surface area contributed by atoms with E-state index < -0.39 is 11.9 Å². The standard InChI is InChI=1S/C13H15FO2/c1-7-5-4-6-8(14)9(7)10-11(12(15)16)13(10,2)3/h4-6,10-11H,1-3H3,(H,15,16)/t10-,11+/m0/s1. The van der Waals surface area contributed by atoms with E-state index in [4.69, 9.17) is 5.11 Å². The molecule has 0 heterocycles. The van der Waals surface area contributed by atoms with E-state index in [0.717, 1.165) is 5.56 Å². The molecule has 1 saturated carbocycles. The van der Waals surface area contributed by atoms with Crippen molar-refractivity contribution in [3.63, 3.8) is 0 Å². The van der Waals surface area contributed by atoms with Gasteiger partial charge < -0.3 is 5.11 Å². The maximum Gasteiger partial charge on any atom is 0.307 e. The average molecular weight is 222 g/mol. The molecule has 2 rings (SSSR count). The molecule has 0 spiro atoms. The van der Waals surface area contributed by atoms with E-state index in [2.05, 4.69) is 0 Å². The number of carbonyl (C=O) groups is 1. The molecule has 0 bridgehead atoms. The van der Waals surface area contributed by atoms with Crippen LogP contribution in [0.2, 0.25) is 0 Å². The Labute approximate surface area is 94.1 Å². The van der Waals surface area contributed by atoms with Crippen molar-refractivity contribution in [2.24, 2.45) is 11.3 Å². The molecule has 0 saturated heterocycles. The molecule has 2 atom stereocenters. The maximum absolute atomic E-state index is 13.7. The Morgan fingerprint density at radius 1 is 1.44 bits per heavy atom. The van der Waals surface area contributed by atoms with Crippen molar-refractivity contribution < 1.29 is 14.3 Å². The summed E-state index contributed by atoms with van der Waals surface area (Å²) >= 11 is 0. The van der Waals surface area contributed by atoms with Gasteiger partial charge in [0.1, 0.15) is 5.82 Å². The normalized spacial score (nSPS) is 26.5. The van der Waals surface area contributed by atoms with E-state index in [1.807, 2.05) is 26.8 Å². The van der Waals surface area contributed by atoms with E-state index in [9.17, 15) is 9.18 Å². The smallest absolute Gasteiger partial charge is 0.307 e. The van der Waals surface area contributed by atoms with Gasteiger partial charge in [-0.1, -0.05) is 26.0 Å². The molecular weight excluding hydrogens is 207 g/mol. The van der Waals surface area contributed by atoms with E-state index in [0.29, 0.717) is 5.56 Å². The lowest BCUT2D eigenvalue weighted by Gasteiger charge is -2.08. The summed E-state index contributed by atoms with van der Waals surface area (Å²) in [5.74, 6) is -1.80. The fourth-order valence-electron chi connectivity index (χ4n) is 2.68. The minimum Gasteiger partial charge on any atom is -0.481 e. The van der Waals surface area contributed by atoms with Crippen molar-refractivity contribution in [2.75, 3.05) is 0 Å². The van der Waals surface area contributed by atoms with Crippen molar-refractivity contribution in [3.8, 4) is 0 Å². The first-order chi connectivity index (χ1) is 7.37. The van der Waals surface area contributed by atoms with E-state index in [1.165, 1.54) is 6.07 Å². The number of carboxylic acid groups (broad SMARTS) is 1. The molecule has 0 amide bonds. The summed E-state index contributed by atoms with van der Waals surface area (Å²) in [6, 6.07) is 4.88. The summed E-state index contributed by atoms with van der Waals surface area (Å²) in [6.07, 6.45) is 0. The third-order valence-electron chi connectivity index (χ3n) is 3.68. The van der Waals surface area contributed by atoms with Crippen molar-refractivity contribution in [3.05, 3.63) is 35.1 Å². The number of hydrogen-bond acceptors (Lipinski definition) is 1. The van der Waals surface area contributed by atoms with Crippen LogP contribution < -0.4 is 0 Å². The van der Waals surface area contributed by atoms with Crippen LogP contribution in [-0.4, -0.2) is 11.1 Å². The lowest BCUT2D eigenvalue weighted by atomic mass is 9.98. The van der Waals surface area contributed by atoms with Crippen LogP contribution in [0.15, 0.2) is 18.2 Å². The first-order valence-corrected chi connectivity index (χ1v) is 5.35. The molecule has 3 heteroatoms. The van der Waals surface area contributed by atoms with E-state index in [-0.39, 0.29) is 17.2 Å². The number of aryl methyl sites for hydroxylation is 1. The number of hydrogen-bond donors (Lipinski definition) is 1. The Balaban J connectivity index is 2.45. The predicted octanol–water partition coefficient (Wildman–Crippen LogP) is 2.96. The van der Waals surface area contributed by atoms with Gasteiger partial charge in [-0.25, -0.2) is 4.39 Å². The second kappa shape index (κ2) is 3.30. The lowest BCUT2D eigenvalue weighted by molar-refractivity contribution is -0.139. The molecule has 86 valence electrons. The van der Waals surface area contributed by atoms with Crippen molar-refractivity contribution >= 4 is 5.97 Å². The van der Waals surface area contributed by atoms with Gasteiger partial charge in [-0.05, 0) is 29.5 Å². The molecule has 0 radical (unpaired) electrons. The summed E-state index contributed by atoms with van der Waals surface area (Å²) in [5.41, 5.74) is 1.06. The van der Waals surface area contributed by atoms with Crippen LogP contribution in [0.4, 0.5) is 4.39 Å². The van der Waals surface area contributed by atoms with Crippen LogP contribution in [0, 0.1) is 24.1 Å². The number of aliphatic carboxylic acids is 1. The molecule has 1 aliphatic carbocycles. The Morgan fingerprint density at radius 3 is 2.50 bits per heavy atom. The zero-order valence-electron chi connectivity index (χ0n) is 9.62. The van der Waals surface area contributed by atoms with Crippen molar-refractivity contribution in [1.29, 1.82) is 0 Å². The predicted molar refractivity (Wildman–Crippen MR) is 58.8 cm³/mol. The Hall–Kier alpha value is -1.38. The van der Waals surface area contributed by atoms with Crippen molar-refractivity contribution in [2.45, 2.75) is 26.7 Å². The highest BCUT2D eigenvalue weighted by Gasteiger charge is 2.63. The van der Waals surface area contributed by atoms with Gasteiger partial charge in [-0.3, -0.25) is 4.79 Å². The molecule has 2 nitrogen and oxygen atoms in total. The number of benzene rings is 1. The third kappa shape index (κ3) is 1.42. The second-order valence-corrected chi connectivity index (χ2v) is 5.09. The van der Waals surface area contributed by atoms with E-state index >= 15 is 0 Å². The molecule has 1 aromatic carbocycles. The van der Waals surface area contributed by atoms with Crippen LogP contribution in [0.25, 0.3) is 0 Å². The van der Waals surface area contributed by atoms with Gasteiger partial charge in [-0.15, -0.1) is 0 Å². The van der Waals surface area contributed by atoms with Crippen LogP contribution in [0.1, 0.15) is 30.9 Å². The summed E-state index contributed by atoms with van der Waals surface area (Å²) < 4.78 is 13.7. The summed E-state index contributed by atoms with van der Waals surface area (Å²) in [5, 5.41) is 9.08. The zero-order chi connectivity index (χ0) is 12.1. The van der Waals surface area contributed by atoms with Crippen LogP contribution in [-0.2, 0) is 4.79 Å². The average Bonchev–Trinajstić information content (AvgIpc) is 2.69. The maximum atomic E-state index is 13.7. The summed E-state index contributed by atoms with van der Waals surface area (Å²) in [7, 11) is 0. The number of halogens is 1. The molecule has 0 aliphatic heterocycles. The first-order valence-electron chi connectivity index (χ1n) is 5.35. The molecule has 0 unspecified atom stereocenters. The second-order valence-electron chi connectivity index (χ2n) is 5.09. The van der Waals surface area contributed by atoms with Gasteiger partial charge in [0.05, 0.1) is 5.92 Å². The minimum absolute atomic E-state index is 0.203. The number of rotatable bonds is 2. The fraction of sp³-hybridized carbons (Fsp3) is 0.462. The van der Waals surface area contributed by atoms with Crippen LogP contribution in [0.3, 0.4) is 0 Å². The molecule has 1 aliphatic rings. The van der Waals surface area contributed by atoms with Gasteiger partial charge in [0, 0.05) is 5.92 Å². The largest absolute Gasteiger partial charge is 0.481 e. The van der Waals surface area contributed by atoms with Gasteiger partial charge in [0.25, 0.3) is 0 Å². The SMILES string of the molecule is Cc1cccc(F)c1[C@H]1[C@H](C(=O)O)C1(C)C. The summed E-state index contributed by atoms with van der Waals surface area (Å²) in [4.78, 5) is 11.1. The topological polar surface area (TPSA) is 37.3 Å². The van der Waals surface area contributed by atoms with Crippen LogP contribution in [0.5, 0.6) is 0 Å². The quantitative estimate of drug-likeness (QED) is 0.835. The highest BCUT2D eigenvalue weighted by Crippen LogP contribution is 2.65. The van der Waals surface area contributed by atoms with E-state index in [1.54, 1.807) is 6.07 Å². The Kier molecular flexibility index (Phi) is 2.30. The lowest BCUT2D eigenvalue weighted by Crippen LogP contribution is -2.03. The first kappa shape index (κ1) is 11.1. The molecule has 1 N–H and O–H groups in total. The molecule has 1 fully saturated rings. The molecule has 0 aromatic heterocycles. The van der Waals surface area contributed by atoms with Crippen LogP contribution >= 0.6 is 0 Å². The molecule has 16 heavy (non-hydrogen) atoms. The fourth-order valence-corrected chi connectivity index (χ4v) is 2.68.